The predicted molar refractivity (Wildman–Crippen MR) is 110 cm³/mol. The van der Waals surface area contributed by atoms with E-state index in [4.69, 9.17) is 0 Å². The SMILES string of the molecule is O=C1CCC(=O)N1Cc1cc(-c2ccc(C(F)(F)F)cc2)c2c(n1)sc1cnccc12. The van der Waals surface area contributed by atoms with Crippen LogP contribution in [0.1, 0.15) is 24.1 Å². The number of amides is 2. The highest BCUT2D eigenvalue weighted by Crippen LogP contribution is 2.40. The quantitative estimate of drug-likeness (QED) is 0.411. The lowest BCUT2D eigenvalue weighted by atomic mass is 9.99. The third-order valence-corrected chi connectivity index (χ3v) is 6.33. The molecule has 1 saturated heterocycles. The van der Waals surface area contributed by atoms with Gasteiger partial charge in [-0.2, -0.15) is 13.2 Å². The van der Waals surface area contributed by atoms with Crippen LogP contribution in [-0.4, -0.2) is 26.7 Å². The zero-order valence-electron chi connectivity index (χ0n) is 15.9. The standard InChI is InChI=1S/C22H14F3N3O2S/c23-22(24,25)13-3-1-12(2-4-13)16-9-14(11-28-18(29)5-6-19(28)30)27-21-20(16)15-7-8-26-10-17(15)31-21/h1-4,7-10H,5-6,11H2. The van der Waals surface area contributed by atoms with Gasteiger partial charge < -0.3 is 0 Å². The molecule has 5 rings (SSSR count). The topological polar surface area (TPSA) is 63.2 Å². The highest BCUT2D eigenvalue weighted by molar-refractivity contribution is 7.25. The highest BCUT2D eigenvalue weighted by Gasteiger charge is 2.31. The Kier molecular flexibility index (Phi) is 4.51. The number of fused-ring (bicyclic) bond motifs is 3. The van der Waals surface area contributed by atoms with Gasteiger partial charge in [0.05, 0.1) is 22.5 Å². The molecule has 1 aliphatic rings. The number of alkyl halides is 3. The highest BCUT2D eigenvalue weighted by atomic mass is 32.1. The molecule has 1 aliphatic heterocycles. The molecule has 2 amide bonds. The molecule has 31 heavy (non-hydrogen) atoms. The van der Waals surface area contributed by atoms with E-state index in [0.717, 1.165) is 27.6 Å². The molecular formula is C22H14F3N3O2S. The van der Waals surface area contributed by atoms with Crippen molar-refractivity contribution >= 4 is 43.5 Å². The molecule has 0 bridgehead atoms. The minimum Gasteiger partial charge on any atom is -0.277 e. The fraction of sp³-hybridized carbons (Fsp3) is 0.182. The fourth-order valence-electron chi connectivity index (χ4n) is 3.79. The molecule has 4 aromatic rings. The molecule has 1 aromatic carbocycles. The Labute approximate surface area is 178 Å². The number of rotatable bonds is 3. The van der Waals surface area contributed by atoms with E-state index in [1.54, 1.807) is 18.5 Å². The number of aromatic nitrogens is 2. The van der Waals surface area contributed by atoms with Crippen molar-refractivity contribution in [3.05, 3.63) is 60.0 Å². The lowest BCUT2D eigenvalue weighted by Crippen LogP contribution is -2.28. The summed E-state index contributed by atoms with van der Waals surface area (Å²) in [6.45, 7) is 0.0355. The van der Waals surface area contributed by atoms with Crippen molar-refractivity contribution in [2.45, 2.75) is 25.6 Å². The van der Waals surface area contributed by atoms with Gasteiger partial charge in [-0.15, -0.1) is 11.3 Å². The molecule has 1 fully saturated rings. The first-order chi connectivity index (χ1) is 14.8. The maximum Gasteiger partial charge on any atom is 0.416 e. The van der Waals surface area contributed by atoms with Crippen LogP contribution in [-0.2, 0) is 22.3 Å². The molecule has 0 spiro atoms. The average Bonchev–Trinajstić information content (AvgIpc) is 3.27. The molecule has 0 atom stereocenters. The molecule has 156 valence electrons. The summed E-state index contributed by atoms with van der Waals surface area (Å²) in [7, 11) is 0. The third kappa shape index (κ3) is 3.44. The van der Waals surface area contributed by atoms with Crippen molar-refractivity contribution in [3.63, 3.8) is 0 Å². The number of benzene rings is 1. The Morgan fingerprint density at radius 3 is 2.42 bits per heavy atom. The van der Waals surface area contributed by atoms with Gasteiger partial charge in [-0.3, -0.25) is 19.5 Å². The van der Waals surface area contributed by atoms with Gasteiger partial charge in [0.15, 0.2) is 0 Å². The van der Waals surface area contributed by atoms with Gasteiger partial charge in [0.25, 0.3) is 0 Å². The third-order valence-electron chi connectivity index (χ3n) is 5.30. The summed E-state index contributed by atoms with van der Waals surface area (Å²) in [6, 6.07) is 8.54. The van der Waals surface area contributed by atoms with Crippen LogP contribution in [0.25, 0.3) is 31.4 Å². The van der Waals surface area contributed by atoms with Crippen LogP contribution in [0.3, 0.4) is 0 Å². The number of nitrogens with zero attached hydrogens (tertiary/aromatic N) is 3. The van der Waals surface area contributed by atoms with Crippen LogP contribution in [0.2, 0.25) is 0 Å². The number of thiophene rings is 1. The smallest absolute Gasteiger partial charge is 0.277 e. The second-order valence-electron chi connectivity index (χ2n) is 7.26. The molecule has 0 radical (unpaired) electrons. The van der Waals surface area contributed by atoms with Gasteiger partial charge in [-0.05, 0) is 35.4 Å². The largest absolute Gasteiger partial charge is 0.416 e. The first kappa shape index (κ1) is 19.6. The summed E-state index contributed by atoms with van der Waals surface area (Å²) in [5.74, 6) is -0.493. The first-order valence-electron chi connectivity index (χ1n) is 9.48. The second-order valence-corrected chi connectivity index (χ2v) is 8.29. The zero-order chi connectivity index (χ0) is 21.8. The van der Waals surface area contributed by atoms with Crippen LogP contribution >= 0.6 is 11.3 Å². The molecule has 5 nitrogen and oxygen atoms in total. The van der Waals surface area contributed by atoms with Crippen LogP contribution in [0.15, 0.2) is 48.8 Å². The monoisotopic (exact) mass is 441 g/mol. The summed E-state index contributed by atoms with van der Waals surface area (Å²) in [6.07, 6.45) is -0.691. The minimum atomic E-state index is -4.42. The molecule has 0 aliphatic carbocycles. The van der Waals surface area contributed by atoms with E-state index in [2.05, 4.69) is 9.97 Å². The van der Waals surface area contributed by atoms with Crippen LogP contribution in [0.5, 0.6) is 0 Å². The van der Waals surface area contributed by atoms with Gasteiger partial charge in [0.2, 0.25) is 11.8 Å². The normalized spacial score (nSPS) is 14.9. The summed E-state index contributed by atoms with van der Waals surface area (Å²) in [5.41, 5.74) is 1.07. The van der Waals surface area contributed by atoms with Crippen molar-refractivity contribution in [3.8, 4) is 11.1 Å². The van der Waals surface area contributed by atoms with Crippen molar-refractivity contribution in [2.75, 3.05) is 0 Å². The number of hydrogen-bond donors (Lipinski definition) is 0. The van der Waals surface area contributed by atoms with E-state index >= 15 is 0 Å². The molecule has 9 heteroatoms. The number of imide groups is 1. The van der Waals surface area contributed by atoms with E-state index in [1.165, 1.54) is 28.4 Å². The Bertz CT molecular complexity index is 1330. The maximum atomic E-state index is 13.0. The van der Waals surface area contributed by atoms with Gasteiger partial charge in [-0.1, -0.05) is 12.1 Å². The summed E-state index contributed by atoms with van der Waals surface area (Å²) < 4.78 is 39.9. The Morgan fingerprint density at radius 2 is 1.74 bits per heavy atom. The summed E-state index contributed by atoms with van der Waals surface area (Å²) in [4.78, 5) is 34.7. The Morgan fingerprint density at radius 1 is 1.03 bits per heavy atom. The molecule has 0 unspecified atom stereocenters. The van der Waals surface area contributed by atoms with E-state index in [-0.39, 0.29) is 31.2 Å². The molecular weight excluding hydrogens is 427 g/mol. The lowest BCUT2D eigenvalue weighted by molar-refractivity contribution is -0.139. The Balaban J connectivity index is 1.69. The number of likely N-dealkylation sites (tertiary alicyclic amines) is 1. The maximum absolute atomic E-state index is 13.0. The minimum absolute atomic E-state index is 0.0355. The molecule has 0 saturated carbocycles. The van der Waals surface area contributed by atoms with E-state index < -0.39 is 11.7 Å². The number of carbonyl (C=O) groups excluding carboxylic acids is 2. The Hall–Kier alpha value is -3.33. The van der Waals surface area contributed by atoms with E-state index in [0.29, 0.717) is 21.7 Å². The van der Waals surface area contributed by atoms with E-state index in [1.807, 2.05) is 6.07 Å². The van der Waals surface area contributed by atoms with Gasteiger partial charge >= 0.3 is 6.18 Å². The van der Waals surface area contributed by atoms with Crippen molar-refractivity contribution in [2.24, 2.45) is 0 Å². The van der Waals surface area contributed by atoms with Crippen molar-refractivity contribution < 1.29 is 22.8 Å². The zero-order valence-corrected chi connectivity index (χ0v) is 16.8. The predicted octanol–water partition coefficient (Wildman–Crippen LogP) is 5.18. The fourth-order valence-corrected chi connectivity index (χ4v) is 4.87. The van der Waals surface area contributed by atoms with Gasteiger partial charge in [-0.25, -0.2) is 4.98 Å². The average molecular weight is 441 g/mol. The molecule has 4 heterocycles. The van der Waals surface area contributed by atoms with Crippen LogP contribution < -0.4 is 0 Å². The summed E-state index contributed by atoms with van der Waals surface area (Å²) >= 11 is 1.41. The van der Waals surface area contributed by atoms with Gasteiger partial charge in [0.1, 0.15) is 4.83 Å². The van der Waals surface area contributed by atoms with Gasteiger partial charge in [0, 0.05) is 36.0 Å². The molecule has 0 N–H and O–H groups in total. The van der Waals surface area contributed by atoms with E-state index in [9.17, 15) is 22.8 Å². The molecule has 3 aromatic heterocycles. The van der Waals surface area contributed by atoms with Crippen LogP contribution in [0.4, 0.5) is 13.2 Å². The van der Waals surface area contributed by atoms with Crippen molar-refractivity contribution in [1.29, 1.82) is 0 Å². The van der Waals surface area contributed by atoms with Crippen LogP contribution in [0, 0.1) is 0 Å². The first-order valence-corrected chi connectivity index (χ1v) is 10.3. The second kappa shape index (κ2) is 7.12. The number of hydrogen-bond acceptors (Lipinski definition) is 5. The number of carbonyl (C=O) groups is 2. The lowest BCUT2D eigenvalue weighted by Gasteiger charge is -2.15. The number of pyridine rings is 2. The van der Waals surface area contributed by atoms with Crippen molar-refractivity contribution in [1.82, 2.24) is 14.9 Å². The number of halogens is 3. The summed E-state index contributed by atoms with van der Waals surface area (Å²) in [5, 5.41) is 1.71.